The molecule has 1 atom stereocenters. The van der Waals surface area contributed by atoms with E-state index in [0.717, 1.165) is 5.56 Å². The largest absolute Gasteiger partial charge is 0.352 e. The van der Waals surface area contributed by atoms with Crippen LogP contribution < -0.4 is 10.6 Å². The van der Waals surface area contributed by atoms with Gasteiger partial charge in [-0.15, -0.1) is 0 Å². The minimum absolute atomic E-state index is 0.179. The molecule has 0 bridgehead atoms. The number of carbonyl (C=O) groups is 2. The SMILES string of the molecule is CC(NC(=O)c1cncc(C(=O)NCCc2ccccc2F)c1)c1ccccc1. The van der Waals surface area contributed by atoms with Crippen molar-refractivity contribution < 1.29 is 14.0 Å². The summed E-state index contributed by atoms with van der Waals surface area (Å²) in [4.78, 5) is 28.9. The molecule has 0 aliphatic rings. The zero-order valence-corrected chi connectivity index (χ0v) is 16.1. The van der Waals surface area contributed by atoms with Crippen LogP contribution in [-0.4, -0.2) is 23.3 Å². The Balaban J connectivity index is 1.58. The van der Waals surface area contributed by atoms with Crippen LogP contribution in [0.5, 0.6) is 0 Å². The number of pyridine rings is 1. The van der Waals surface area contributed by atoms with Crippen molar-refractivity contribution in [1.82, 2.24) is 15.6 Å². The number of amides is 2. The predicted molar refractivity (Wildman–Crippen MR) is 109 cm³/mol. The third kappa shape index (κ3) is 5.48. The molecule has 29 heavy (non-hydrogen) atoms. The predicted octanol–water partition coefficient (Wildman–Crippen LogP) is 3.68. The fourth-order valence-electron chi connectivity index (χ4n) is 2.91. The maximum absolute atomic E-state index is 13.6. The first-order valence-corrected chi connectivity index (χ1v) is 9.37. The summed E-state index contributed by atoms with van der Waals surface area (Å²) in [5.74, 6) is -0.968. The number of hydrogen-bond donors (Lipinski definition) is 2. The Kier molecular flexibility index (Phi) is 6.68. The molecule has 2 amide bonds. The zero-order chi connectivity index (χ0) is 20.6. The highest BCUT2D eigenvalue weighted by atomic mass is 19.1. The van der Waals surface area contributed by atoms with Crippen LogP contribution in [0.3, 0.4) is 0 Å². The minimum atomic E-state index is -0.361. The average molecular weight is 391 g/mol. The topological polar surface area (TPSA) is 71.1 Å². The highest BCUT2D eigenvalue weighted by molar-refractivity contribution is 5.99. The van der Waals surface area contributed by atoms with E-state index in [-0.39, 0.29) is 35.8 Å². The van der Waals surface area contributed by atoms with Crippen molar-refractivity contribution in [3.63, 3.8) is 0 Å². The Labute approximate surface area is 169 Å². The molecule has 0 saturated heterocycles. The summed E-state index contributed by atoms with van der Waals surface area (Å²) in [6.45, 7) is 2.17. The van der Waals surface area contributed by atoms with Gasteiger partial charge in [0.1, 0.15) is 5.82 Å². The summed E-state index contributed by atoms with van der Waals surface area (Å²) in [6, 6.07) is 17.4. The molecule has 0 fully saturated rings. The lowest BCUT2D eigenvalue weighted by molar-refractivity contribution is 0.0939. The van der Waals surface area contributed by atoms with Crippen LogP contribution in [0.4, 0.5) is 4.39 Å². The Hall–Kier alpha value is -3.54. The summed E-state index contributed by atoms with van der Waals surface area (Å²) in [5.41, 5.74) is 2.10. The third-order valence-corrected chi connectivity index (χ3v) is 4.55. The maximum atomic E-state index is 13.6. The molecule has 5 nitrogen and oxygen atoms in total. The van der Waals surface area contributed by atoms with Gasteiger partial charge in [0, 0.05) is 18.9 Å². The summed E-state index contributed by atoms with van der Waals surface area (Å²) in [7, 11) is 0. The number of rotatable bonds is 7. The molecule has 1 heterocycles. The van der Waals surface area contributed by atoms with Crippen molar-refractivity contribution in [3.05, 3.63) is 101 Å². The van der Waals surface area contributed by atoms with Gasteiger partial charge in [0.15, 0.2) is 0 Å². The Morgan fingerprint density at radius 1 is 0.966 bits per heavy atom. The first-order valence-electron chi connectivity index (χ1n) is 9.37. The van der Waals surface area contributed by atoms with Crippen LogP contribution in [0.25, 0.3) is 0 Å². The first-order chi connectivity index (χ1) is 14.0. The molecule has 0 aliphatic carbocycles. The van der Waals surface area contributed by atoms with Crippen molar-refractivity contribution in [1.29, 1.82) is 0 Å². The van der Waals surface area contributed by atoms with Crippen molar-refractivity contribution in [2.75, 3.05) is 6.54 Å². The number of nitrogens with zero attached hydrogens (tertiary/aromatic N) is 1. The third-order valence-electron chi connectivity index (χ3n) is 4.55. The van der Waals surface area contributed by atoms with Crippen molar-refractivity contribution in [2.45, 2.75) is 19.4 Å². The molecule has 1 unspecified atom stereocenters. The Bertz CT molecular complexity index is 992. The van der Waals surface area contributed by atoms with Crippen LogP contribution in [0, 0.1) is 5.82 Å². The van der Waals surface area contributed by atoms with Crippen molar-refractivity contribution in [3.8, 4) is 0 Å². The van der Waals surface area contributed by atoms with Crippen LogP contribution in [0.15, 0.2) is 73.1 Å². The standard InChI is InChI=1S/C23H22FN3O2/c1-16(17-7-3-2-4-8-17)27-23(29)20-13-19(14-25-15-20)22(28)26-12-11-18-9-5-6-10-21(18)24/h2-10,13-16H,11-12H2,1H3,(H,26,28)(H,27,29). The second-order valence-corrected chi connectivity index (χ2v) is 6.67. The normalized spacial score (nSPS) is 11.5. The summed E-state index contributed by atoms with van der Waals surface area (Å²) in [6.07, 6.45) is 3.19. The lowest BCUT2D eigenvalue weighted by atomic mass is 10.1. The quantitative estimate of drug-likeness (QED) is 0.645. The average Bonchev–Trinajstić information content (AvgIpc) is 2.75. The van der Waals surface area contributed by atoms with Gasteiger partial charge < -0.3 is 10.6 Å². The van der Waals surface area contributed by atoms with E-state index in [2.05, 4.69) is 15.6 Å². The first kappa shape index (κ1) is 20.2. The smallest absolute Gasteiger partial charge is 0.253 e. The van der Waals surface area contributed by atoms with Gasteiger partial charge in [-0.1, -0.05) is 48.5 Å². The number of nitrogens with one attached hydrogen (secondary N) is 2. The van der Waals surface area contributed by atoms with Gasteiger partial charge in [0.2, 0.25) is 0 Å². The van der Waals surface area contributed by atoms with E-state index < -0.39 is 0 Å². The van der Waals surface area contributed by atoms with Crippen LogP contribution >= 0.6 is 0 Å². The highest BCUT2D eigenvalue weighted by Crippen LogP contribution is 2.13. The van der Waals surface area contributed by atoms with E-state index in [4.69, 9.17) is 0 Å². The molecule has 1 aromatic heterocycles. The lowest BCUT2D eigenvalue weighted by Crippen LogP contribution is -2.28. The fourth-order valence-corrected chi connectivity index (χ4v) is 2.91. The van der Waals surface area contributed by atoms with E-state index in [0.29, 0.717) is 17.5 Å². The van der Waals surface area contributed by atoms with Crippen molar-refractivity contribution in [2.24, 2.45) is 0 Å². The highest BCUT2D eigenvalue weighted by Gasteiger charge is 2.14. The molecular formula is C23H22FN3O2. The number of aromatic nitrogens is 1. The van der Waals surface area contributed by atoms with Gasteiger partial charge in [0.05, 0.1) is 17.2 Å². The van der Waals surface area contributed by atoms with E-state index in [1.54, 1.807) is 18.2 Å². The second-order valence-electron chi connectivity index (χ2n) is 6.67. The molecule has 0 radical (unpaired) electrons. The van der Waals surface area contributed by atoms with E-state index in [9.17, 15) is 14.0 Å². The summed E-state index contributed by atoms with van der Waals surface area (Å²) >= 11 is 0. The number of benzene rings is 2. The molecular weight excluding hydrogens is 369 g/mol. The van der Waals surface area contributed by atoms with Gasteiger partial charge in [-0.25, -0.2) is 4.39 Å². The monoisotopic (exact) mass is 391 g/mol. The second kappa shape index (κ2) is 9.59. The molecule has 6 heteroatoms. The fraction of sp³-hybridized carbons (Fsp3) is 0.174. The zero-order valence-electron chi connectivity index (χ0n) is 16.1. The Morgan fingerprint density at radius 3 is 2.34 bits per heavy atom. The number of hydrogen-bond acceptors (Lipinski definition) is 3. The molecule has 3 rings (SSSR count). The Morgan fingerprint density at radius 2 is 1.62 bits per heavy atom. The van der Waals surface area contributed by atoms with E-state index >= 15 is 0 Å². The van der Waals surface area contributed by atoms with Crippen molar-refractivity contribution >= 4 is 11.8 Å². The van der Waals surface area contributed by atoms with Gasteiger partial charge in [0.25, 0.3) is 11.8 Å². The van der Waals surface area contributed by atoms with Gasteiger partial charge in [-0.2, -0.15) is 0 Å². The number of halogens is 1. The molecule has 2 N–H and O–H groups in total. The maximum Gasteiger partial charge on any atom is 0.253 e. The van der Waals surface area contributed by atoms with Crippen LogP contribution in [0.2, 0.25) is 0 Å². The molecule has 2 aromatic carbocycles. The summed E-state index contributed by atoms with van der Waals surface area (Å²) < 4.78 is 13.6. The van der Waals surface area contributed by atoms with Gasteiger partial charge in [-0.3, -0.25) is 14.6 Å². The summed E-state index contributed by atoms with van der Waals surface area (Å²) in [5, 5.41) is 5.63. The van der Waals surface area contributed by atoms with E-state index in [1.165, 1.54) is 24.5 Å². The van der Waals surface area contributed by atoms with Crippen LogP contribution in [0.1, 0.15) is 44.8 Å². The molecule has 0 saturated carbocycles. The number of carbonyl (C=O) groups excluding carboxylic acids is 2. The molecule has 148 valence electrons. The van der Waals surface area contributed by atoms with Crippen LogP contribution in [-0.2, 0) is 6.42 Å². The van der Waals surface area contributed by atoms with E-state index in [1.807, 2.05) is 37.3 Å². The van der Waals surface area contributed by atoms with Gasteiger partial charge in [-0.05, 0) is 36.6 Å². The molecule has 0 aliphatic heterocycles. The molecule has 0 spiro atoms. The lowest BCUT2D eigenvalue weighted by Gasteiger charge is -2.14. The molecule has 3 aromatic rings. The van der Waals surface area contributed by atoms with Gasteiger partial charge >= 0.3 is 0 Å². The minimum Gasteiger partial charge on any atom is -0.352 e.